The number of nitrogens with one attached hydrogen (secondary N) is 2. The number of imidazole rings is 1. The van der Waals surface area contributed by atoms with Crippen molar-refractivity contribution in [1.29, 1.82) is 0 Å². The zero-order valence-electron chi connectivity index (χ0n) is 23.4. The van der Waals surface area contributed by atoms with Crippen molar-refractivity contribution in [1.82, 2.24) is 29.7 Å². The number of benzene rings is 1. The highest BCUT2D eigenvalue weighted by Crippen LogP contribution is 2.54. The summed E-state index contributed by atoms with van der Waals surface area (Å²) in [4.78, 5) is 29.1. The number of H-pyrrole nitrogens is 1. The Hall–Kier alpha value is -3.82. The standard InChI is InChI=1S/C31H36FN7O2/c1-3-19-11-13-20(14-12-19)17-39-24-25(33-18(2)21-7-6-8-21)34-27(28-37-30(40)41-38-28)35-26(24)36-29(39)31(15-16-31)22-9-4-5-10-23(22)32/h3-5,9-10,18-21H,1,6-8,11-17H2,2H3,(H,33,34,35)(H,37,38,40). The van der Waals surface area contributed by atoms with Crippen LogP contribution in [0.25, 0.3) is 22.8 Å². The van der Waals surface area contributed by atoms with Crippen LogP contribution in [0.1, 0.15) is 76.1 Å². The van der Waals surface area contributed by atoms with Gasteiger partial charge in [-0.2, -0.15) is 0 Å². The van der Waals surface area contributed by atoms with Gasteiger partial charge in [-0.3, -0.25) is 9.51 Å². The van der Waals surface area contributed by atoms with Crippen LogP contribution in [0.5, 0.6) is 0 Å². The molecule has 1 unspecified atom stereocenters. The summed E-state index contributed by atoms with van der Waals surface area (Å²) in [6.07, 6.45) is 11.8. The van der Waals surface area contributed by atoms with Crippen molar-refractivity contribution in [3.63, 3.8) is 0 Å². The molecule has 3 aliphatic carbocycles. The number of rotatable bonds is 9. The Labute approximate surface area is 237 Å². The van der Waals surface area contributed by atoms with Crippen LogP contribution in [-0.2, 0) is 12.0 Å². The third-order valence-corrected chi connectivity index (χ3v) is 9.71. The van der Waals surface area contributed by atoms with E-state index >= 15 is 4.39 Å². The van der Waals surface area contributed by atoms with Crippen LogP contribution in [0.15, 0.2) is 46.2 Å². The van der Waals surface area contributed by atoms with E-state index in [4.69, 9.17) is 19.5 Å². The van der Waals surface area contributed by atoms with Crippen LogP contribution in [0, 0.1) is 23.6 Å². The molecule has 9 nitrogen and oxygen atoms in total. The van der Waals surface area contributed by atoms with Gasteiger partial charge in [0.15, 0.2) is 11.5 Å². The van der Waals surface area contributed by atoms with Gasteiger partial charge < -0.3 is 9.88 Å². The molecule has 1 aromatic carbocycles. The third-order valence-electron chi connectivity index (χ3n) is 9.71. The normalized spacial score (nSPS) is 22.8. The van der Waals surface area contributed by atoms with Crippen molar-refractivity contribution in [2.24, 2.45) is 17.8 Å². The molecular weight excluding hydrogens is 521 g/mol. The van der Waals surface area contributed by atoms with Crippen molar-refractivity contribution in [2.75, 3.05) is 5.32 Å². The highest BCUT2D eigenvalue weighted by atomic mass is 19.1. The first-order chi connectivity index (χ1) is 19.9. The smallest absolute Gasteiger partial charge is 0.365 e. The van der Waals surface area contributed by atoms with E-state index in [9.17, 15) is 4.79 Å². The average molecular weight is 558 g/mol. The number of hydrogen-bond acceptors (Lipinski definition) is 7. The van der Waals surface area contributed by atoms with Crippen LogP contribution < -0.4 is 11.1 Å². The molecule has 3 saturated carbocycles. The Bertz CT molecular complexity index is 1640. The molecule has 0 spiro atoms. The van der Waals surface area contributed by atoms with E-state index in [2.05, 4.69) is 39.6 Å². The van der Waals surface area contributed by atoms with Crippen molar-refractivity contribution in [3.8, 4) is 11.6 Å². The van der Waals surface area contributed by atoms with Gasteiger partial charge in [0.1, 0.15) is 17.2 Å². The van der Waals surface area contributed by atoms with E-state index < -0.39 is 11.2 Å². The molecule has 214 valence electrons. The van der Waals surface area contributed by atoms with Gasteiger partial charge in [0.25, 0.3) is 0 Å². The molecule has 41 heavy (non-hydrogen) atoms. The lowest BCUT2D eigenvalue weighted by Gasteiger charge is -2.32. The van der Waals surface area contributed by atoms with Crippen LogP contribution in [-0.4, -0.2) is 35.7 Å². The van der Waals surface area contributed by atoms with E-state index in [0.717, 1.165) is 56.4 Å². The fraction of sp³-hybridized carbons (Fsp3) is 0.516. The minimum Gasteiger partial charge on any atom is -0.365 e. The number of anilines is 1. The third kappa shape index (κ3) is 4.67. The second-order valence-electron chi connectivity index (χ2n) is 12.3. The number of allylic oxidation sites excluding steroid dienone is 1. The zero-order valence-corrected chi connectivity index (χ0v) is 23.4. The lowest BCUT2D eigenvalue weighted by molar-refractivity contribution is 0.279. The summed E-state index contributed by atoms with van der Waals surface area (Å²) in [5.41, 5.74) is 1.51. The van der Waals surface area contributed by atoms with Crippen LogP contribution in [0.3, 0.4) is 0 Å². The molecule has 3 aromatic heterocycles. The molecular formula is C31H36FN7O2. The second-order valence-corrected chi connectivity index (χ2v) is 12.3. The SMILES string of the molecule is C=CC1CCC(Cn2c(C3(c4ccccc4F)CC3)nc3nc(-c4noc(=O)[nH]4)nc(NC(C)C4CCC4)c32)CC1. The molecule has 0 bridgehead atoms. The van der Waals surface area contributed by atoms with Gasteiger partial charge in [0.2, 0.25) is 11.6 Å². The minimum absolute atomic E-state index is 0.158. The Balaban J connectivity index is 1.40. The lowest BCUT2D eigenvalue weighted by atomic mass is 9.80. The van der Waals surface area contributed by atoms with Crippen molar-refractivity contribution in [3.05, 3.63) is 64.7 Å². The topological polar surface area (TPSA) is 115 Å². The van der Waals surface area contributed by atoms with Gasteiger partial charge in [-0.15, -0.1) is 6.58 Å². The number of halogens is 1. The fourth-order valence-electron chi connectivity index (χ4n) is 6.84. The quantitative estimate of drug-likeness (QED) is 0.243. The second kappa shape index (κ2) is 10.2. The first-order valence-electron chi connectivity index (χ1n) is 14.9. The molecule has 7 rings (SSSR count). The highest BCUT2D eigenvalue weighted by Gasteiger charge is 2.52. The first kappa shape index (κ1) is 26.1. The number of fused-ring (bicyclic) bond motifs is 1. The predicted octanol–water partition coefficient (Wildman–Crippen LogP) is 5.98. The Kier molecular flexibility index (Phi) is 6.51. The molecule has 2 N–H and O–H groups in total. The number of aromatic amines is 1. The molecule has 3 heterocycles. The van der Waals surface area contributed by atoms with Gasteiger partial charge in [0.05, 0.1) is 5.41 Å². The Morgan fingerprint density at radius 2 is 1.95 bits per heavy atom. The largest absolute Gasteiger partial charge is 0.439 e. The maximum Gasteiger partial charge on any atom is 0.439 e. The summed E-state index contributed by atoms with van der Waals surface area (Å²) in [6, 6.07) is 7.24. The molecule has 10 heteroatoms. The monoisotopic (exact) mass is 557 g/mol. The molecule has 3 aliphatic rings. The zero-order chi connectivity index (χ0) is 28.1. The first-order valence-corrected chi connectivity index (χ1v) is 14.9. The molecule has 1 atom stereocenters. The molecule has 0 amide bonds. The maximum absolute atomic E-state index is 15.3. The Morgan fingerprint density at radius 3 is 2.59 bits per heavy atom. The van der Waals surface area contributed by atoms with Gasteiger partial charge in [-0.05, 0) is 82.1 Å². The van der Waals surface area contributed by atoms with Gasteiger partial charge >= 0.3 is 5.76 Å². The van der Waals surface area contributed by atoms with Crippen molar-refractivity contribution >= 4 is 17.0 Å². The van der Waals surface area contributed by atoms with Crippen LogP contribution in [0.2, 0.25) is 0 Å². The number of hydrogen-bond donors (Lipinski definition) is 2. The summed E-state index contributed by atoms with van der Waals surface area (Å²) >= 11 is 0. The van der Waals surface area contributed by atoms with Gasteiger partial charge in [-0.25, -0.2) is 24.1 Å². The van der Waals surface area contributed by atoms with E-state index in [1.54, 1.807) is 6.07 Å². The summed E-state index contributed by atoms with van der Waals surface area (Å²) in [5, 5.41) is 7.53. The van der Waals surface area contributed by atoms with E-state index in [-0.39, 0.29) is 23.5 Å². The average Bonchev–Trinajstić information content (AvgIpc) is 3.48. The summed E-state index contributed by atoms with van der Waals surface area (Å²) in [6.45, 7) is 6.97. The van der Waals surface area contributed by atoms with E-state index in [1.807, 2.05) is 12.1 Å². The fourth-order valence-corrected chi connectivity index (χ4v) is 6.84. The minimum atomic E-state index is -0.668. The molecule has 0 radical (unpaired) electrons. The summed E-state index contributed by atoms with van der Waals surface area (Å²) in [5.74, 6) is 2.61. The van der Waals surface area contributed by atoms with Crippen molar-refractivity contribution < 1.29 is 8.91 Å². The van der Waals surface area contributed by atoms with E-state index in [1.165, 1.54) is 25.3 Å². The molecule has 4 aromatic rings. The molecule has 3 fully saturated rings. The highest BCUT2D eigenvalue weighted by molar-refractivity contribution is 5.86. The van der Waals surface area contributed by atoms with Crippen LogP contribution in [0.4, 0.5) is 10.2 Å². The van der Waals surface area contributed by atoms with E-state index in [0.29, 0.717) is 34.8 Å². The Morgan fingerprint density at radius 1 is 1.17 bits per heavy atom. The van der Waals surface area contributed by atoms with Gasteiger partial charge in [-0.1, -0.05) is 35.9 Å². The molecule has 0 saturated heterocycles. The van der Waals surface area contributed by atoms with Crippen molar-refractivity contribution in [2.45, 2.75) is 82.7 Å². The predicted molar refractivity (Wildman–Crippen MR) is 154 cm³/mol. The summed E-state index contributed by atoms with van der Waals surface area (Å²) < 4.78 is 22.3. The number of aromatic nitrogens is 6. The maximum atomic E-state index is 15.3. The van der Waals surface area contributed by atoms with Crippen LogP contribution >= 0.6 is 0 Å². The molecule has 0 aliphatic heterocycles. The number of nitrogens with zero attached hydrogens (tertiary/aromatic N) is 5. The van der Waals surface area contributed by atoms with Gasteiger partial charge in [0, 0.05) is 18.2 Å². The lowest BCUT2D eigenvalue weighted by Crippen LogP contribution is -2.31. The summed E-state index contributed by atoms with van der Waals surface area (Å²) in [7, 11) is 0.